The van der Waals surface area contributed by atoms with Crippen LogP contribution in [0.3, 0.4) is 0 Å². The average molecular weight is 359 g/mol. The molecule has 26 heavy (non-hydrogen) atoms. The average Bonchev–Trinajstić information content (AvgIpc) is 3.14. The number of nitrogens with one attached hydrogen (secondary N) is 3. The van der Waals surface area contributed by atoms with E-state index in [0.29, 0.717) is 5.69 Å². The monoisotopic (exact) mass is 359 g/mol. The highest BCUT2D eigenvalue weighted by atomic mass is 16.3. The van der Waals surface area contributed by atoms with Crippen molar-refractivity contribution in [1.82, 2.24) is 20.6 Å². The lowest BCUT2D eigenvalue weighted by atomic mass is 10.0. The molecule has 9 heteroatoms. The minimum absolute atomic E-state index is 0.122. The molecule has 0 spiro atoms. The highest BCUT2D eigenvalue weighted by molar-refractivity contribution is 5.92. The second kappa shape index (κ2) is 9.33. The molecule has 0 radical (unpaired) electrons. The number of benzene rings is 1. The van der Waals surface area contributed by atoms with Crippen LogP contribution in [0.4, 0.5) is 0 Å². The Kier molecular flexibility index (Phi) is 6.86. The summed E-state index contributed by atoms with van der Waals surface area (Å²) in [5.41, 5.74) is 6.74. The molecule has 0 unspecified atom stereocenters. The first-order chi connectivity index (χ1) is 12.5. The van der Waals surface area contributed by atoms with E-state index >= 15 is 0 Å². The minimum atomic E-state index is -0.977. The van der Waals surface area contributed by atoms with Crippen molar-refractivity contribution in [2.45, 2.75) is 24.9 Å². The van der Waals surface area contributed by atoms with Gasteiger partial charge in [0, 0.05) is 19.0 Å². The van der Waals surface area contributed by atoms with Gasteiger partial charge in [-0.25, -0.2) is 4.98 Å². The second-order valence-corrected chi connectivity index (χ2v) is 5.70. The molecule has 1 aromatic heterocycles. The summed E-state index contributed by atoms with van der Waals surface area (Å²) < 4.78 is 0. The van der Waals surface area contributed by atoms with Gasteiger partial charge in [-0.05, 0) is 5.56 Å². The number of nitrogens with two attached hydrogens (primary N) is 1. The summed E-state index contributed by atoms with van der Waals surface area (Å²) in [5, 5.41) is 13.9. The van der Waals surface area contributed by atoms with Gasteiger partial charge in [0.15, 0.2) is 0 Å². The van der Waals surface area contributed by atoms with E-state index in [0.717, 1.165) is 5.56 Å². The van der Waals surface area contributed by atoms with Gasteiger partial charge in [0.1, 0.15) is 18.7 Å². The smallest absolute Gasteiger partial charge is 0.246 e. The van der Waals surface area contributed by atoms with E-state index in [1.54, 1.807) is 18.3 Å². The van der Waals surface area contributed by atoms with Gasteiger partial charge in [-0.1, -0.05) is 30.3 Å². The van der Waals surface area contributed by atoms with E-state index in [2.05, 4.69) is 20.6 Å². The number of imidazole rings is 1. The Hall–Kier alpha value is -3.20. The van der Waals surface area contributed by atoms with Crippen molar-refractivity contribution in [3.63, 3.8) is 0 Å². The van der Waals surface area contributed by atoms with E-state index in [1.165, 1.54) is 6.33 Å². The highest BCUT2D eigenvalue weighted by Gasteiger charge is 2.26. The minimum Gasteiger partial charge on any atom is -0.387 e. The third-order valence-corrected chi connectivity index (χ3v) is 3.71. The molecule has 0 aliphatic rings. The number of rotatable bonds is 9. The van der Waals surface area contributed by atoms with Crippen molar-refractivity contribution in [2.24, 2.45) is 5.73 Å². The molecule has 0 bridgehead atoms. The summed E-state index contributed by atoms with van der Waals surface area (Å²) in [4.78, 5) is 42.6. The third kappa shape index (κ3) is 5.71. The number of carbonyl (C=O) groups excluding carboxylic acids is 3. The van der Waals surface area contributed by atoms with Crippen LogP contribution in [-0.4, -0.2) is 51.5 Å². The first-order valence-corrected chi connectivity index (χ1v) is 8.01. The summed E-state index contributed by atoms with van der Waals surface area (Å²) >= 11 is 0. The maximum absolute atomic E-state index is 12.6. The SMILES string of the molecule is NC(=O)[C@H](Cc1c[nH]cn1)NC(=O)[C@H](Cc1ccccc1)NC(=O)CO. The van der Waals surface area contributed by atoms with Crippen LogP contribution >= 0.6 is 0 Å². The van der Waals surface area contributed by atoms with Gasteiger partial charge in [0.2, 0.25) is 17.7 Å². The first kappa shape index (κ1) is 19.1. The molecule has 9 nitrogen and oxygen atoms in total. The summed E-state index contributed by atoms with van der Waals surface area (Å²) in [6.45, 7) is -0.745. The molecule has 138 valence electrons. The van der Waals surface area contributed by atoms with Gasteiger partial charge in [-0.2, -0.15) is 0 Å². The number of primary amides is 1. The summed E-state index contributed by atoms with van der Waals surface area (Å²) in [6.07, 6.45) is 3.37. The zero-order valence-corrected chi connectivity index (χ0v) is 14.0. The normalized spacial score (nSPS) is 12.8. The number of hydrogen-bond donors (Lipinski definition) is 5. The Morgan fingerprint density at radius 2 is 1.85 bits per heavy atom. The largest absolute Gasteiger partial charge is 0.387 e. The van der Waals surface area contributed by atoms with Crippen LogP contribution in [0, 0.1) is 0 Å². The van der Waals surface area contributed by atoms with Crippen molar-refractivity contribution in [1.29, 1.82) is 0 Å². The number of amides is 3. The maximum Gasteiger partial charge on any atom is 0.246 e. The Labute approximate surface area is 150 Å². The molecule has 0 fully saturated rings. The molecule has 3 amide bonds. The van der Waals surface area contributed by atoms with Crippen molar-refractivity contribution >= 4 is 17.7 Å². The number of aliphatic hydroxyl groups is 1. The highest BCUT2D eigenvalue weighted by Crippen LogP contribution is 2.05. The van der Waals surface area contributed by atoms with Crippen LogP contribution in [0.1, 0.15) is 11.3 Å². The fourth-order valence-electron chi connectivity index (χ4n) is 2.41. The van der Waals surface area contributed by atoms with Gasteiger partial charge in [-0.15, -0.1) is 0 Å². The molecular formula is C17H21N5O4. The van der Waals surface area contributed by atoms with E-state index < -0.39 is 36.4 Å². The van der Waals surface area contributed by atoms with E-state index in [1.807, 2.05) is 18.2 Å². The van der Waals surface area contributed by atoms with Crippen LogP contribution in [-0.2, 0) is 27.2 Å². The summed E-state index contributed by atoms with van der Waals surface area (Å²) in [7, 11) is 0. The van der Waals surface area contributed by atoms with Gasteiger partial charge >= 0.3 is 0 Å². The number of aromatic amines is 1. The van der Waals surface area contributed by atoms with E-state index in [-0.39, 0.29) is 12.8 Å². The van der Waals surface area contributed by atoms with Crippen molar-refractivity contribution < 1.29 is 19.5 Å². The molecule has 2 atom stereocenters. The number of hydrogen-bond acceptors (Lipinski definition) is 5. The van der Waals surface area contributed by atoms with E-state index in [9.17, 15) is 14.4 Å². The van der Waals surface area contributed by atoms with Crippen molar-refractivity contribution in [3.8, 4) is 0 Å². The molecular weight excluding hydrogens is 338 g/mol. The molecule has 0 saturated heterocycles. The number of aliphatic hydroxyl groups excluding tert-OH is 1. The Morgan fingerprint density at radius 1 is 1.12 bits per heavy atom. The first-order valence-electron chi connectivity index (χ1n) is 8.01. The summed E-state index contributed by atoms with van der Waals surface area (Å²) in [5.74, 6) is -1.98. The lowest BCUT2D eigenvalue weighted by molar-refractivity contribution is -0.132. The number of carbonyl (C=O) groups is 3. The standard InChI is InChI=1S/C17H21N5O4/c18-16(25)13(7-12-8-19-10-20-12)22-17(26)14(21-15(24)9-23)6-11-4-2-1-3-5-11/h1-5,8,10,13-14,23H,6-7,9H2,(H2,18,25)(H,19,20)(H,21,24)(H,22,26)/t13-,14-/m0/s1. The molecule has 0 aliphatic heterocycles. The fourth-order valence-corrected chi connectivity index (χ4v) is 2.41. The second-order valence-electron chi connectivity index (χ2n) is 5.70. The van der Waals surface area contributed by atoms with Gasteiger partial charge in [-0.3, -0.25) is 14.4 Å². The van der Waals surface area contributed by atoms with Gasteiger partial charge in [0.25, 0.3) is 0 Å². The Bertz CT molecular complexity index is 733. The van der Waals surface area contributed by atoms with Crippen molar-refractivity contribution in [3.05, 3.63) is 54.1 Å². The third-order valence-electron chi connectivity index (χ3n) is 3.71. The molecule has 1 aromatic carbocycles. The summed E-state index contributed by atoms with van der Waals surface area (Å²) in [6, 6.07) is 7.12. The quantitative estimate of drug-likeness (QED) is 0.375. The molecule has 6 N–H and O–H groups in total. The van der Waals surface area contributed by atoms with Crippen LogP contribution in [0.25, 0.3) is 0 Å². The Balaban J connectivity index is 2.09. The fraction of sp³-hybridized carbons (Fsp3) is 0.294. The van der Waals surface area contributed by atoms with Crippen LogP contribution in [0.5, 0.6) is 0 Å². The van der Waals surface area contributed by atoms with E-state index in [4.69, 9.17) is 10.8 Å². The van der Waals surface area contributed by atoms with Crippen LogP contribution < -0.4 is 16.4 Å². The number of aromatic nitrogens is 2. The van der Waals surface area contributed by atoms with Gasteiger partial charge in [0.05, 0.1) is 12.0 Å². The lowest BCUT2D eigenvalue weighted by Crippen LogP contribution is -2.54. The predicted molar refractivity (Wildman–Crippen MR) is 92.6 cm³/mol. The maximum atomic E-state index is 12.6. The topological polar surface area (TPSA) is 150 Å². The number of H-pyrrole nitrogens is 1. The van der Waals surface area contributed by atoms with Crippen LogP contribution in [0.15, 0.2) is 42.9 Å². The molecule has 0 saturated carbocycles. The van der Waals surface area contributed by atoms with Crippen molar-refractivity contribution in [2.75, 3.05) is 6.61 Å². The molecule has 2 rings (SSSR count). The molecule has 2 aromatic rings. The zero-order chi connectivity index (χ0) is 18.9. The van der Waals surface area contributed by atoms with Gasteiger partial charge < -0.3 is 26.5 Å². The zero-order valence-electron chi connectivity index (χ0n) is 14.0. The van der Waals surface area contributed by atoms with Crippen LogP contribution in [0.2, 0.25) is 0 Å². The Morgan fingerprint density at radius 3 is 2.42 bits per heavy atom. The lowest BCUT2D eigenvalue weighted by Gasteiger charge is -2.21. The molecule has 0 aliphatic carbocycles. The molecule has 1 heterocycles. The number of nitrogens with zero attached hydrogens (tertiary/aromatic N) is 1. The predicted octanol–water partition coefficient (Wildman–Crippen LogP) is -1.36.